The van der Waals surface area contributed by atoms with Crippen molar-refractivity contribution in [2.75, 3.05) is 18.2 Å². The van der Waals surface area contributed by atoms with Gasteiger partial charge in [-0.3, -0.25) is 20.2 Å². The molecule has 3 rings (SSSR count). The zero-order valence-electron chi connectivity index (χ0n) is 17.5. The Morgan fingerprint density at radius 3 is 2.45 bits per heavy atom. The molecule has 0 unspecified atom stereocenters. The van der Waals surface area contributed by atoms with E-state index in [4.69, 9.17) is 18.0 Å². The molecule has 0 fully saturated rings. The number of carbonyl (C=O) groups excluding carboxylic acids is 2. The van der Waals surface area contributed by atoms with Gasteiger partial charge >= 0.3 is 6.09 Å². The monoisotopic (exact) mass is 464 g/mol. The fourth-order valence-corrected chi connectivity index (χ4v) is 3.47. The van der Waals surface area contributed by atoms with Crippen molar-refractivity contribution in [1.82, 2.24) is 5.32 Å². The number of nitrogens with zero attached hydrogens (tertiary/aromatic N) is 1. The molecular formula is C23H20N4O5S. The van der Waals surface area contributed by atoms with Crippen LogP contribution in [-0.2, 0) is 11.2 Å². The normalized spacial score (nSPS) is 10.2. The zero-order valence-corrected chi connectivity index (χ0v) is 18.3. The Balaban J connectivity index is 2.03. The van der Waals surface area contributed by atoms with Crippen LogP contribution in [0.15, 0.2) is 66.7 Å². The van der Waals surface area contributed by atoms with Crippen LogP contribution in [0, 0.1) is 10.1 Å². The van der Waals surface area contributed by atoms with Crippen LogP contribution in [0.4, 0.5) is 21.9 Å². The number of nitro benzene ring substituents is 1. The van der Waals surface area contributed by atoms with Crippen molar-refractivity contribution in [3.05, 3.63) is 99.1 Å². The SMILES string of the molecule is COC(=O)NC(=S)Nc1ccc(C(=O)c2ccccc2)c(Cc2cccc(N)c2[N+](=O)[O-])c1. The molecule has 0 aliphatic rings. The molecule has 0 aliphatic heterocycles. The second-order valence-corrected chi connectivity index (χ2v) is 7.33. The molecule has 168 valence electrons. The fraction of sp³-hybridized carbons (Fsp3) is 0.0870. The van der Waals surface area contributed by atoms with Crippen LogP contribution in [-0.4, -0.2) is 29.0 Å². The zero-order chi connectivity index (χ0) is 24.0. The summed E-state index contributed by atoms with van der Waals surface area (Å²) in [4.78, 5) is 35.6. The van der Waals surface area contributed by atoms with E-state index in [1.807, 2.05) is 0 Å². The largest absolute Gasteiger partial charge is 0.453 e. The van der Waals surface area contributed by atoms with Gasteiger partial charge in [0.2, 0.25) is 0 Å². The third kappa shape index (κ3) is 5.69. The number of amides is 1. The number of ketones is 1. The number of para-hydroxylation sites is 1. The summed E-state index contributed by atoms with van der Waals surface area (Å²) in [5, 5.41) is 16.8. The molecule has 10 heteroatoms. The predicted molar refractivity (Wildman–Crippen MR) is 128 cm³/mol. The number of rotatable bonds is 6. The number of hydrogen-bond acceptors (Lipinski definition) is 7. The first-order valence-corrected chi connectivity index (χ1v) is 10.1. The lowest BCUT2D eigenvalue weighted by atomic mass is 9.93. The topological polar surface area (TPSA) is 137 Å². The highest BCUT2D eigenvalue weighted by molar-refractivity contribution is 7.80. The average molecular weight is 465 g/mol. The van der Waals surface area contributed by atoms with Gasteiger partial charge in [0.15, 0.2) is 10.9 Å². The van der Waals surface area contributed by atoms with Gasteiger partial charge in [-0.25, -0.2) is 4.79 Å². The molecule has 33 heavy (non-hydrogen) atoms. The van der Waals surface area contributed by atoms with Crippen molar-refractivity contribution in [2.45, 2.75) is 6.42 Å². The first-order valence-electron chi connectivity index (χ1n) is 9.70. The van der Waals surface area contributed by atoms with Gasteiger partial charge in [-0.15, -0.1) is 0 Å². The molecule has 0 saturated carbocycles. The van der Waals surface area contributed by atoms with Crippen LogP contribution in [0.2, 0.25) is 0 Å². The van der Waals surface area contributed by atoms with Gasteiger partial charge in [0.05, 0.1) is 12.0 Å². The Hall–Kier alpha value is -4.31. The molecule has 9 nitrogen and oxygen atoms in total. The van der Waals surface area contributed by atoms with Crippen LogP contribution in [0.1, 0.15) is 27.0 Å². The van der Waals surface area contributed by atoms with Gasteiger partial charge in [-0.1, -0.05) is 42.5 Å². The molecule has 3 aromatic carbocycles. The summed E-state index contributed by atoms with van der Waals surface area (Å²) >= 11 is 5.09. The summed E-state index contributed by atoms with van der Waals surface area (Å²) in [7, 11) is 1.21. The number of nitrogens with two attached hydrogens (primary N) is 1. The maximum Gasteiger partial charge on any atom is 0.413 e. The van der Waals surface area contributed by atoms with Gasteiger partial charge in [0.1, 0.15) is 5.69 Å². The third-order valence-electron chi connectivity index (χ3n) is 4.76. The number of alkyl carbamates (subject to hydrolysis) is 1. The van der Waals surface area contributed by atoms with Crippen LogP contribution < -0.4 is 16.4 Å². The Morgan fingerprint density at radius 2 is 1.79 bits per heavy atom. The standard InChI is InChI=1S/C23H20N4O5S/c1-32-23(29)26-22(33)25-17-10-11-18(21(28)14-6-3-2-4-7-14)16(13-17)12-15-8-5-9-19(24)20(15)27(30)31/h2-11,13H,12,24H2,1H3,(H2,25,26,29,33). The second-order valence-electron chi connectivity index (χ2n) is 6.93. The summed E-state index contributed by atoms with van der Waals surface area (Å²) in [5.41, 5.74) is 7.85. The number of ether oxygens (including phenoxy) is 1. The van der Waals surface area contributed by atoms with E-state index in [1.54, 1.807) is 60.7 Å². The van der Waals surface area contributed by atoms with Crippen LogP contribution in [0.25, 0.3) is 0 Å². The van der Waals surface area contributed by atoms with Crippen molar-refractivity contribution >= 4 is 46.3 Å². The first-order chi connectivity index (χ1) is 15.8. The van der Waals surface area contributed by atoms with E-state index in [9.17, 15) is 19.7 Å². The van der Waals surface area contributed by atoms with E-state index in [2.05, 4.69) is 15.4 Å². The maximum atomic E-state index is 13.2. The Kier molecular flexibility index (Phi) is 7.31. The van der Waals surface area contributed by atoms with E-state index in [0.717, 1.165) is 0 Å². The Labute approximate surface area is 194 Å². The summed E-state index contributed by atoms with van der Waals surface area (Å²) in [6.07, 6.45) is -0.666. The number of benzene rings is 3. The molecule has 0 aromatic heterocycles. The number of hydrogen-bond donors (Lipinski definition) is 3. The lowest BCUT2D eigenvalue weighted by molar-refractivity contribution is -0.384. The van der Waals surface area contributed by atoms with Crippen LogP contribution in [0.3, 0.4) is 0 Å². The van der Waals surface area contributed by atoms with Gasteiger partial charge < -0.3 is 15.8 Å². The van der Waals surface area contributed by atoms with Crippen LogP contribution >= 0.6 is 12.2 Å². The molecule has 0 radical (unpaired) electrons. The molecule has 0 saturated heterocycles. The van der Waals surface area contributed by atoms with Gasteiger partial charge in [0, 0.05) is 28.8 Å². The predicted octanol–water partition coefficient (Wildman–Crippen LogP) is 4.05. The quantitative estimate of drug-likeness (QED) is 0.163. The van der Waals surface area contributed by atoms with E-state index in [-0.39, 0.29) is 28.7 Å². The summed E-state index contributed by atoms with van der Waals surface area (Å²) < 4.78 is 4.51. The number of nitrogens with one attached hydrogen (secondary N) is 2. The molecule has 0 aliphatic carbocycles. The van der Waals surface area contributed by atoms with Crippen molar-refractivity contribution in [3.63, 3.8) is 0 Å². The Bertz CT molecular complexity index is 1230. The van der Waals surface area contributed by atoms with E-state index in [1.165, 1.54) is 13.2 Å². The molecular weight excluding hydrogens is 444 g/mol. The molecule has 3 aromatic rings. The van der Waals surface area contributed by atoms with Crippen molar-refractivity contribution < 1.29 is 19.2 Å². The van der Waals surface area contributed by atoms with Gasteiger partial charge in [0.25, 0.3) is 5.69 Å². The molecule has 4 N–H and O–H groups in total. The smallest absolute Gasteiger partial charge is 0.413 e. The lowest BCUT2D eigenvalue weighted by Gasteiger charge is -2.14. The van der Waals surface area contributed by atoms with E-state index >= 15 is 0 Å². The molecule has 0 atom stereocenters. The number of thiocarbonyl (C=S) groups is 1. The first kappa shape index (κ1) is 23.4. The highest BCUT2D eigenvalue weighted by atomic mass is 32.1. The van der Waals surface area contributed by atoms with Crippen molar-refractivity contribution in [1.29, 1.82) is 0 Å². The van der Waals surface area contributed by atoms with Crippen LogP contribution in [0.5, 0.6) is 0 Å². The highest BCUT2D eigenvalue weighted by Crippen LogP contribution is 2.30. The number of nitro groups is 1. The summed E-state index contributed by atoms with van der Waals surface area (Å²) in [6, 6.07) is 18.2. The highest BCUT2D eigenvalue weighted by Gasteiger charge is 2.21. The summed E-state index contributed by atoms with van der Waals surface area (Å²) in [6.45, 7) is 0. The number of nitrogen functional groups attached to an aromatic ring is 1. The maximum absolute atomic E-state index is 13.2. The van der Waals surface area contributed by atoms with Crippen molar-refractivity contribution in [3.8, 4) is 0 Å². The molecule has 0 bridgehead atoms. The summed E-state index contributed by atoms with van der Waals surface area (Å²) in [5.74, 6) is -0.237. The minimum Gasteiger partial charge on any atom is -0.453 e. The van der Waals surface area contributed by atoms with E-state index < -0.39 is 11.0 Å². The number of anilines is 2. The Morgan fingerprint density at radius 1 is 1.06 bits per heavy atom. The second kappa shape index (κ2) is 10.3. The average Bonchev–Trinajstić information content (AvgIpc) is 2.79. The minimum atomic E-state index is -0.737. The van der Waals surface area contributed by atoms with Gasteiger partial charge in [-0.2, -0.15) is 0 Å². The molecule has 0 heterocycles. The molecule has 0 spiro atoms. The number of carbonyl (C=O) groups is 2. The third-order valence-corrected chi connectivity index (χ3v) is 4.96. The van der Waals surface area contributed by atoms with E-state index in [0.29, 0.717) is 27.9 Å². The molecule has 1 amide bonds. The fourth-order valence-electron chi connectivity index (χ4n) is 3.27. The van der Waals surface area contributed by atoms with Crippen molar-refractivity contribution in [2.24, 2.45) is 0 Å². The van der Waals surface area contributed by atoms with Gasteiger partial charge in [-0.05, 0) is 42.0 Å². The number of methoxy groups -OCH3 is 1. The lowest BCUT2D eigenvalue weighted by Crippen LogP contribution is -2.33. The minimum absolute atomic E-state index is 0.00938.